The molecule has 0 fully saturated rings. The minimum atomic E-state index is -0.495. The molecule has 0 aliphatic heterocycles. The zero-order chi connectivity index (χ0) is 14.9. The fraction of sp³-hybridized carbons (Fsp3) is 0.111. The van der Waals surface area contributed by atoms with Crippen molar-refractivity contribution in [2.75, 3.05) is 0 Å². The number of benzene rings is 2. The minimum absolute atomic E-state index is 0.228. The second-order valence-electron chi connectivity index (χ2n) is 5.20. The first kappa shape index (κ1) is 13.3. The molecule has 2 aromatic carbocycles. The van der Waals surface area contributed by atoms with Gasteiger partial charge in [-0.2, -0.15) is 0 Å². The molecular weight excluding hydrogens is 264 g/mol. The summed E-state index contributed by atoms with van der Waals surface area (Å²) >= 11 is 0. The van der Waals surface area contributed by atoms with Crippen LogP contribution in [0.5, 0.6) is 11.5 Å². The smallest absolute Gasteiger partial charge is 0.118 e. The van der Waals surface area contributed by atoms with Crippen LogP contribution >= 0.6 is 0 Å². The van der Waals surface area contributed by atoms with Crippen LogP contribution in [0.4, 0.5) is 0 Å². The summed E-state index contributed by atoms with van der Waals surface area (Å²) in [6, 6.07) is 18.0. The maximum Gasteiger partial charge on any atom is 0.118 e. The van der Waals surface area contributed by atoms with Gasteiger partial charge in [-0.1, -0.05) is 24.3 Å². The highest BCUT2D eigenvalue weighted by molar-refractivity contribution is 5.48. The first-order chi connectivity index (χ1) is 10.1. The summed E-state index contributed by atoms with van der Waals surface area (Å²) in [5.41, 5.74) is 1.51. The Labute approximate surface area is 123 Å². The summed E-state index contributed by atoms with van der Waals surface area (Å²) in [5.74, 6) is 1.26. The number of aromatic hydroxyl groups is 2. The number of phenolic OH excluding ortho intramolecular Hbond substituents is 2. The molecule has 0 amide bonds. The van der Waals surface area contributed by atoms with Crippen molar-refractivity contribution in [2.24, 2.45) is 0 Å². The fourth-order valence-corrected chi connectivity index (χ4v) is 2.60. The quantitative estimate of drug-likeness (QED) is 0.761. The van der Waals surface area contributed by atoms with Gasteiger partial charge in [0.15, 0.2) is 0 Å². The van der Waals surface area contributed by atoms with Crippen molar-refractivity contribution >= 4 is 0 Å². The zero-order valence-corrected chi connectivity index (χ0v) is 11.7. The highest BCUT2D eigenvalue weighted by Crippen LogP contribution is 2.39. The van der Waals surface area contributed by atoms with Gasteiger partial charge in [0.2, 0.25) is 0 Å². The van der Waals surface area contributed by atoms with Crippen molar-refractivity contribution in [3.05, 3.63) is 83.8 Å². The lowest BCUT2D eigenvalue weighted by Crippen LogP contribution is -2.24. The van der Waals surface area contributed by atoms with E-state index < -0.39 is 5.41 Å². The van der Waals surface area contributed by atoms with Gasteiger partial charge in [-0.15, -0.1) is 0 Å². The van der Waals surface area contributed by atoms with Gasteiger partial charge in [0, 0.05) is 0 Å². The van der Waals surface area contributed by atoms with Gasteiger partial charge in [0.1, 0.15) is 17.3 Å². The normalized spacial score (nSPS) is 11.5. The molecule has 3 aromatic rings. The summed E-state index contributed by atoms with van der Waals surface area (Å²) in [5, 5.41) is 19.0. The van der Waals surface area contributed by atoms with Crippen molar-refractivity contribution in [3.63, 3.8) is 0 Å². The molecule has 0 spiro atoms. The molecule has 106 valence electrons. The summed E-state index contributed by atoms with van der Waals surface area (Å²) in [7, 11) is 0. The summed E-state index contributed by atoms with van der Waals surface area (Å²) < 4.78 is 5.64. The number of phenols is 2. The van der Waals surface area contributed by atoms with Gasteiger partial charge in [-0.05, 0) is 54.4 Å². The van der Waals surface area contributed by atoms with Gasteiger partial charge in [-0.3, -0.25) is 0 Å². The Morgan fingerprint density at radius 2 is 1.24 bits per heavy atom. The Balaban J connectivity index is 2.20. The summed E-state index contributed by atoms with van der Waals surface area (Å²) in [6.07, 6.45) is 1.65. The van der Waals surface area contributed by atoms with E-state index in [2.05, 4.69) is 6.92 Å². The molecule has 0 radical (unpaired) electrons. The molecule has 3 heteroatoms. The Hall–Kier alpha value is -2.68. The van der Waals surface area contributed by atoms with E-state index in [4.69, 9.17) is 4.42 Å². The van der Waals surface area contributed by atoms with Crippen LogP contribution in [-0.2, 0) is 5.41 Å². The van der Waals surface area contributed by atoms with E-state index in [0.29, 0.717) is 0 Å². The van der Waals surface area contributed by atoms with E-state index in [0.717, 1.165) is 16.9 Å². The molecule has 0 aliphatic carbocycles. The number of hydrogen-bond donors (Lipinski definition) is 2. The first-order valence-corrected chi connectivity index (χ1v) is 6.74. The van der Waals surface area contributed by atoms with Crippen molar-refractivity contribution in [1.29, 1.82) is 0 Å². The van der Waals surface area contributed by atoms with E-state index >= 15 is 0 Å². The molecule has 0 bridgehead atoms. The van der Waals surface area contributed by atoms with Crippen molar-refractivity contribution < 1.29 is 14.6 Å². The average Bonchev–Trinajstić information content (AvgIpc) is 3.02. The molecule has 0 atom stereocenters. The zero-order valence-electron chi connectivity index (χ0n) is 11.7. The van der Waals surface area contributed by atoms with Crippen LogP contribution in [0, 0.1) is 0 Å². The minimum Gasteiger partial charge on any atom is -0.508 e. The van der Waals surface area contributed by atoms with E-state index in [1.165, 1.54) is 0 Å². The van der Waals surface area contributed by atoms with Crippen LogP contribution in [-0.4, -0.2) is 10.2 Å². The third-order valence-corrected chi connectivity index (χ3v) is 3.90. The monoisotopic (exact) mass is 280 g/mol. The van der Waals surface area contributed by atoms with Crippen molar-refractivity contribution in [3.8, 4) is 11.5 Å². The van der Waals surface area contributed by atoms with Crippen LogP contribution in [0.1, 0.15) is 23.8 Å². The van der Waals surface area contributed by atoms with Crippen LogP contribution in [0.25, 0.3) is 0 Å². The van der Waals surface area contributed by atoms with Gasteiger partial charge < -0.3 is 14.6 Å². The Bertz CT molecular complexity index is 665. The van der Waals surface area contributed by atoms with E-state index in [1.54, 1.807) is 30.5 Å². The topological polar surface area (TPSA) is 53.6 Å². The summed E-state index contributed by atoms with van der Waals surface area (Å²) in [4.78, 5) is 0. The van der Waals surface area contributed by atoms with E-state index in [9.17, 15) is 10.2 Å². The van der Waals surface area contributed by atoms with Crippen molar-refractivity contribution in [1.82, 2.24) is 0 Å². The molecule has 0 unspecified atom stereocenters. The number of furan rings is 1. The third kappa shape index (κ3) is 2.27. The lowest BCUT2D eigenvalue weighted by atomic mass is 9.74. The van der Waals surface area contributed by atoms with Crippen LogP contribution < -0.4 is 0 Å². The third-order valence-electron chi connectivity index (χ3n) is 3.90. The number of rotatable bonds is 3. The average molecular weight is 280 g/mol. The van der Waals surface area contributed by atoms with Crippen LogP contribution in [0.2, 0.25) is 0 Å². The lowest BCUT2D eigenvalue weighted by Gasteiger charge is -2.29. The Morgan fingerprint density at radius 3 is 1.62 bits per heavy atom. The molecule has 2 N–H and O–H groups in total. The van der Waals surface area contributed by atoms with Gasteiger partial charge in [0.25, 0.3) is 0 Å². The Morgan fingerprint density at radius 1 is 0.762 bits per heavy atom. The maximum atomic E-state index is 9.50. The fourth-order valence-electron chi connectivity index (χ4n) is 2.60. The SMILES string of the molecule is CC(c1ccc(O)cc1)(c1ccc(O)cc1)c1ccco1. The highest BCUT2D eigenvalue weighted by Gasteiger charge is 2.33. The largest absolute Gasteiger partial charge is 0.508 e. The second-order valence-corrected chi connectivity index (χ2v) is 5.20. The molecule has 3 rings (SSSR count). The molecule has 1 heterocycles. The molecule has 0 saturated carbocycles. The van der Waals surface area contributed by atoms with Crippen molar-refractivity contribution in [2.45, 2.75) is 12.3 Å². The van der Waals surface area contributed by atoms with Gasteiger partial charge in [-0.25, -0.2) is 0 Å². The molecule has 21 heavy (non-hydrogen) atoms. The number of hydrogen-bond acceptors (Lipinski definition) is 3. The van der Waals surface area contributed by atoms with E-state index in [-0.39, 0.29) is 11.5 Å². The molecular formula is C18H16O3. The summed E-state index contributed by atoms with van der Waals surface area (Å²) in [6.45, 7) is 2.06. The molecule has 0 aliphatic rings. The van der Waals surface area contributed by atoms with Gasteiger partial charge in [0.05, 0.1) is 11.7 Å². The van der Waals surface area contributed by atoms with Crippen LogP contribution in [0.3, 0.4) is 0 Å². The first-order valence-electron chi connectivity index (χ1n) is 6.74. The molecule has 0 saturated heterocycles. The Kier molecular flexibility index (Phi) is 3.18. The van der Waals surface area contributed by atoms with Crippen LogP contribution in [0.15, 0.2) is 71.3 Å². The van der Waals surface area contributed by atoms with E-state index in [1.807, 2.05) is 36.4 Å². The molecule has 1 aromatic heterocycles. The standard InChI is InChI=1S/C18H16O3/c1-18(17-3-2-12-21-17,13-4-8-15(19)9-5-13)14-6-10-16(20)11-7-14/h2-12,19-20H,1H3. The molecule has 3 nitrogen and oxygen atoms in total. The van der Waals surface area contributed by atoms with Gasteiger partial charge >= 0.3 is 0 Å². The lowest BCUT2D eigenvalue weighted by molar-refractivity contribution is 0.443. The predicted molar refractivity (Wildman–Crippen MR) is 80.5 cm³/mol. The highest BCUT2D eigenvalue weighted by atomic mass is 16.3. The maximum absolute atomic E-state index is 9.50. The second kappa shape index (κ2) is 5.02. The predicted octanol–water partition coefficient (Wildman–Crippen LogP) is 4.05.